The number of rotatable bonds is 7. The second kappa shape index (κ2) is 7.93. The van der Waals surface area contributed by atoms with Crippen molar-refractivity contribution in [2.24, 2.45) is 5.92 Å². The van der Waals surface area contributed by atoms with Gasteiger partial charge in [-0.3, -0.25) is 4.79 Å². The lowest BCUT2D eigenvalue weighted by molar-refractivity contribution is -0.121. The van der Waals surface area contributed by atoms with Crippen molar-refractivity contribution in [2.45, 2.75) is 52.9 Å². The number of hydrogen-bond donors (Lipinski definition) is 0. The third kappa shape index (κ3) is 5.87. The topological polar surface area (TPSA) is 17.1 Å². The summed E-state index contributed by atoms with van der Waals surface area (Å²) >= 11 is 0. The van der Waals surface area contributed by atoms with Gasteiger partial charge in [-0.05, 0) is 38.2 Å². The first-order chi connectivity index (χ1) is 9.00. The molecule has 0 saturated carbocycles. The highest BCUT2D eigenvalue weighted by Crippen LogP contribution is 2.21. The number of allylic oxidation sites excluding steroid dienone is 2. The van der Waals surface area contributed by atoms with Gasteiger partial charge in [-0.25, -0.2) is 0 Å². The predicted molar refractivity (Wildman–Crippen MR) is 82.3 cm³/mol. The zero-order valence-electron chi connectivity index (χ0n) is 12.6. The van der Waals surface area contributed by atoms with E-state index in [0.29, 0.717) is 18.1 Å². The van der Waals surface area contributed by atoms with Crippen LogP contribution in [0.3, 0.4) is 0 Å². The average Bonchev–Trinajstić information content (AvgIpc) is 2.38. The summed E-state index contributed by atoms with van der Waals surface area (Å²) in [6, 6.07) is 10.1. The van der Waals surface area contributed by atoms with Crippen molar-refractivity contribution in [2.75, 3.05) is 0 Å². The minimum Gasteiger partial charge on any atom is -0.299 e. The largest absolute Gasteiger partial charge is 0.299 e. The summed E-state index contributed by atoms with van der Waals surface area (Å²) in [5, 5.41) is 0. The number of Topliss-reactive ketones (excluding diaryl/α,β-unsaturated/α-hetero) is 1. The molecule has 0 fully saturated rings. The van der Waals surface area contributed by atoms with Gasteiger partial charge >= 0.3 is 0 Å². The number of benzene rings is 1. The molecule has 0 aliphatic heterocycles. The summed E-state index contributed by atoms with van der Waals surface area (Å²) in [4.78, 5) is 12.2. The first-order valence-electron chi connectivity index (χ1n) is 7.21. The van der Waals surface area contributed by atoms with Crippen LogP contribution in [0, 0.1) is 5.92 Å². The first kappa shape index (κ1) is 15.7. The molecule has 1 aromatic carbocycles. The summed E-state index contributed by atoms with van der Waals surface area (Å²) in [6.45, 7) is 8.43. The molecule has 0 unspecified atom stereocenters. The summed E-state index contributed by atoms with van der Waals surface area (Å²) in [5.74, 6) is 0.845. The third-order valence-electron chi connectivity index (χ3n) is 3.54. The van der Waals surface area contributed by atoms with Gasteiger partial charge in [-0.2, -0.15) is 0 Å². The monoisotopic (exact) mass is 258 g/mol. The Morgan fingerprint density at radius 2 is 1.79 bits per heavy atom. The highest BCUT2D eigenvalue weighted by Gasteiger charge is 2.17. The van der Waals surface area contributed by atoms with Crippen LogP contribution in [0.25, 0.3) is 0 Å². The van der Waals surface area contributed by atoms with Crippen LogP contribution in [0.5, 0.6) is 0 Å². The Morgan fingerprint density at radius 3 is 2.37 bits per heavy atom. The molecule has 19 heavy (non-hydrogen) atoms. The summed E-state index contributed by atoms with van der Waals surface area (Å²) < 4.78 is 0. The van der Waals surface area contributed by atoms with Gasteiger partial charge < -0.3 is 0 Å². The smallest absolute Gasteiger partial charge is 0.140 e. The SMILES string of the molecule is CC(C)=CCC[C@@H](C)CC(=O)[C@H](C)c1ccccc1. The highest BCUT2D eigenvalue weighted by atomic mass is 16.1. The van der Waals surface area contributed by atoms with Crippen LogP contribution in [0.15, 0.2) is 42.0 Å². The fraction of sp³-hybridized carbons (Fsp3) is 0.500. The van der Waals surface area contributed by atoms with E-state index in [1.807, 2.05) is 37.3 Å². The van der Waals surface area contributed by atoms with Crippen LogP contribution in [0.1, 0.15) is 58.4 Å². The maximum absolute atomic E-state index is 12.2. The maximum Gasteiger partial charge on any atom is 0.140 e. The number of carbonyl (C=O) groups excluding carboxylic acids is 1. The summed E-state index contributed by atoms with van der Waals surface area (Å²) in [5.41, 5.74) is 2.49. The molecule has 0 radical (unpaired) electrons. The zero-order valence-corrected chi connectivity index (χ0v) is 12.6. The third-order valence-corrected chi connectivity index (χ3v) is 3.54. The van der Waals surface area contributed by atoms with E-state index >= 15 is 0 Å². The van der Waals surface area contributed by atoms with Crippen molar-refractivity contribution in [1.82, 2.24) is 0 Å². The van der Waals surface area contributed by atoms with Crippen LogP contribution in [0.2, 0.25) is 0 Å². The van der Waals surface area contributed by atoms with Crippen molar-refractivity contribution in [3.8, 4) is 0 Å². The number of hydrogen-bond acceptors (Lipinski definition) is 1. The fourth-order valence-electron chi connectivity index (χ4n) is 2.21. The number of carbonyl (C=O) groups is 1. The summed E-state index contributed by atoms with van der Waals surface area (Å²) in [6.07, 6.45) is 5.11. The molecule has 0 aliphatic rings. The Balaban J connectivity index is 2.44. The zero-order chi connectivity index (χ0) is 14.3. The molecule has 1 heteroatoms. The van der Waals surface area contributed by atoms with Gasteiger partial charge in [0.05, 0.1) is 0 Å². The molecule has 1 aromatic rings. The van der Waals surface area contributed by atoms with Gasteiger partial charge in [-0.15, -0.1) is 0 Å². The minimum absolute atomic E-state index is 0.0205. The average molecular weight is 258 g/mol. The van der Waals surface area contributed by atoms with Gasteiger partial charge in [0, 0.05) is 12.3 Å². The normalized spacial score (nSPS) is 13.7. The predicted octanol–water partition coefficient (Wildman–Crippen LogP) is 5.13. The Kier molecular flexibility index (Phi) is 6.55. The molecule has 104 valence electrons. The van der Waals surface area contributed by atoms with E-state index in [0.717, 1.165) is 18.4 Å². The molecule has 0 heterocycles. The molecule has 1 rings (SSSR count). The molecule has 0 amide bonds. The highest BCUT2D eigenvalue weighted by molar-refractivity contribution is 5.85. The van der Waals surface area contributed by atoms with E-state index in [4.69, 9.17) is 0 Å². The van der Waals surface area contributed by atoms with Gasteiger partial charge in [0.25, 0.3) is 0 Å². The Labute approximate surface area is 117 Å². The molecule has 0 aromatic heterocycles. The summed E-state index contributed by atoms with van der Waals surface area (Å²) in [7, 11) is 0. The standard InChI is InChI=1S/C18H26O/c1-14(2)9-8-10-15(3)13-18(19)16(4)17-11-6-5-7-12-17/h5-7,9,11-12,15-16H,8,10,13H2,1-4H3/t15-,16-/m1/s1. The lowest BCUT2D eigenvalue weighted by Gasteiger charge is -2.14. The molecule has 0 aliphatic carbocycles. The molecule has 1 nitrogen and oxygen atoms in total. The van der Waals surface area contributed by atoms with Gasteiger partial charge in [-0.1, -0.05) is 55.8 Å². The molecule has 0 N–H and O–H groups in total. The van der Waals surface area contributed by atoms with E-state index in [2.05, 4.69) is 26.8 Å². The fourth-order valence-corrected chi connectivity index (χ4v) is 2.21. The van der Waals surface area contributed by atoms with Crippen LogP contribution in [-0.2, 0) is 4.79 Å². The lowest BCUT2D eigenvalue weighted by atomic mass is 9.89. The van der Waals surface area contributed by atoms with Gasteiger partial charge in [0.1, 0.15) is 5.78 Å². The van der Waals surface area contributed by atoms with Crippen LogP contribution in [0.4, 0.5) is 0 Å². The van der Waals surface area contributed by atoms with Gasteiger partial charge in [0.2, 0.25) is 0 Å². The van der Waals surface area contributed by atoms with Crippen LogP contribution >= 0.6 is 0 Å². The van der Waals surface area contributed by atoms with Crippen molar-refractivity contribution in [3.05, 3.63) is 47.5 Å². The molecule has 0 spiro atoms. The van der Waals surface area contributed by atoms with Crippen molar-refractivity contribution < 1.29 is 4.79 Å². The molecular formula is C18H26O. The Hall–Kier alpha value is -1.37. The van der Waals surface area contributed by atoms with Crippen molar-refractivity contribution in [1.29, 1.82) is 0 Å². The molecule has 0 saturated heterocycles. The Morgan fingerprint density at radius 1 is 1.16 bits per heavy atom. The molecular weight excluding hydrogens is 232 g/mol. The van der Waals surface area contributed by atoms with Crippen LogP contribution < -0.4 is 0 Å². The van der Waals surface area contributed by atoms with E-state index in [1.54, 1.807) is 0 Å². The Bertz CT molecular complexity index is 413. The minimum atomic E-state index is 0.0205. The molecule has 0 bridgehead atoms. The van der Waals surface area contributed by atoms with E-state index < -0.39 is 0 Å². The van der Waals surface area contributed by atoms with Crippen molar-refractivity contribution >= 4 is 5.78 Å². The first-order valence-corrected chi connectivity index (χ1v) is 7.21. The maximum atomic E-state index is 12.2. The van der Waals surface area contributed by atoms with E-state index in [9.17, 15) is 4.79 Å². The second-order valence-corrected chi connectivity index (χ2v) is 5.77. The van der Waals surface area contributed by atoms with Gasteiger partial charge in [0.15, 0.2) is 0 Å². The van der Waals surface area contributed by atoms with E-state index in [1.165, 1.54) is 5.57 Å². The van der Waals surface area contributed by atoms with Crippen molar-refractivity contribution in [3.63, 3.8) is 0 Å². The lowest BCUT2D eigenvalue weighted by Crippen LogP contribution is -2.13. The molecule has 2 atom stereocenters. The van der Waals surface area contributed by atoms with E-state index in [-0.39, 0.29) is 5.92 Å². The van der Waals surface area contributed by atoms with Crippen LogP contribution in [-0.4, -0.2) is 5.78 Å². The second-order valence-electron chi connectivity index (χ2n) is 5.77. The number of ketones is 1. The quantitative estimate of drug-likeness (QED) is 0.619.